The number of hydrogen-bond acceptors (Lipinski definition) is 4. The zero-order valence-electron chi connectivity index (χ0n) is 23.2. The van der Waals surface area contributed by atoms with Crippen molar-refractivity contribution in [3.8, 4) is 0 Å². The van der Waals surface area contributed by atoms with Crippen LogP contribution in [-0.4, -0.2) is 43.8 Å². The molecule has 0 heterocycles. The Bertz CT molecular complexity index is 1460. The minimum absolute atomic E-state index is 0.000400. The first-order valence-electron chi connectivity index (χ1n) is 13.7. The predicted octanol–water partition coefficient (Wildman–Crippen LogP) is 5.85. The van der Waals surface area contributed by atoms with E-state index in [1.165, 1.54) is 29.2 Å². The number of benzene rings is 3. The number of aryl methyl sites for hydroxylation is 1. The molecule has 1 atom stereocenters. The molecule has 4 rings (SSSR count). The van der Waals surface area contributed by atoms with E-state index in [-0.39, 0.29) is 29.1 Å². The van der Waals surface area contributed by atoms with Crippen molar-refractivity contribution in [1.82, 2.24) is 10.2 Å². The minimum atomic E-state index is -4.23. The minimum Gasteiger partial charge on any atom is -0.352 e. The van der Waals surface area contributed by atoms with Gasteiger partial charge in [0.2, 0.25) is 11.8 Å². The largest absolute Gasteiger partial charge is 0.352 e. The summed E-state index contributed by atoms with van der Waals surface area (Å²) in [6, 6.07) is 17.3. The van der Waals surface area contributed by atoms with E-state index in [1.807, 2.05) is 6.92 Å². The lowest BCUT2D eigenvalue weighted by molar-refractivity contribution is -0.139. The van der Waals surface area contributed by atoms with Gasteiger partial charge in [-0.2, -0.15) is 0 Å². The summed E-state index contributed by atoms with van der Waals surface area (Å²) in [6.07, 6.45) is 4.96. The Morgan fingerprint density at radius 3 is 2.24 bits per heavy atom. The third-order valence-corrected chi connectivity index (χ3v) is 9.58. The number of sulfonamides is 1. The molecule has 10 heteroatoms. The zero-order chi connectivity index (χ0) is 29.6. The molecule has 7 nitrogen and oxygen atoms in total. The number of nitrogens with zero attached hydrogens (tertiary/aromatic N) is 2. The summed E-state index contributed by atoms with van der Waals surface area (Å²) in [7, 11) is -4.23. The molecule has 1 aliphatic rings. The third kappa shape index (κ3) is 7.65. The molecule has 2 amide bonds. The van der Waals surface area contributed by atoms with Crippen molar-refractivity contribution in [2.75, 3.05) is 10.8 Å². The molecule has 0 aliphatic heterocycles. The summed E-state index contributed by atoms with van der Waals surface area (Å²) in [6.45, 7) is 2.86. The second-order valence-corrected chi connectivity index (χ2v) is 12.7. The quantitative estimate of drug-likeness (QED) is 0.317. The number of rotatable bonds is 10. The molecule has 1 saturated carbocycles. The number of hydrogen-bond donors (Lipinski definition) is 1. The first-order chi connectivity index (χ1) is 19.6. The van der Waals surface area contributed by atoms with E-state index in [4.69, 9.17) is 11.6 Å². The van der Waals surface area contributed by atoms with Gasteiger partial charge in [0, 0.05) is 17.6 Å². The Morgan fingerprint density at radius 1 is 0.976 bits per heavy atom. The first-order valence-corrected chi connectivity index (χ1v) is 15.6. The highest BCUT2D eigenvalue weighted by Crippen LogP contribution is 2.26. The highest BCUT2D eigenvalue weighted by atomic mass is 35.5. The van der Waals surface area contributed by atoms with Crippen molar-refractivity contribution in [2.24, 2.45) is 0 Å². The smallest absolute Gasteiger partial charge is 0.264 e. The topological polar surface area (TPSA) is 86.8 Å². The number of nitrogens with one attached hydrogen (secondary N) is 1. The van der Waals surface area contributed by atoms with E-state index >= 15 is 0 Å². The SMILES string of the molecule is Cc1ccc(S(=O)(=O)N(CC(=O)N(Cc2ccccc2Cl)[C@H](C)C(=O)NC2CCCCC2)c2ccc(F)cc2)cc1. The van der Waals surface area contributed by atoms with Crippen LogP contribution in [0.2, 0.25) is 5.02 Å². The Kier molecular flexibility index (Phi) is 10.0. The maximum atomic E-state index is 14.0. The number of amides is 2. The van der Waals surface area contributed by atoms with Crippen LogP contribution >= 0.6 is 11.6 Å². The van der Waals surface area contributed by atoms with E-state index in [2.05, 4.69) is 5.32 Å². The number of anilines is 1. The van der Waals surface area contributed by atoms with E-state index in [9.17, 15) is 22.4 Å². The van der Waals surface area contributed by atoms with Gasteiger partial charge in [-0.3, -0.25) is 13.9 Å². The summed E-state index contributed by atoms with van der Waals surface area (Å²) in [5.74, 6) is -1.45. The van der Waals surface area contributed by atoms with Gasteiger partial charge in [0.1, 0.15) is 18.4 Å². The van der Waals surface area contributed by atoms with Crippen LogP contribution in [0.15, 0.2) is 77.7 Å². The van der Waals surface area contributed by atoms with E-state index in [0.29, 0.717) is 10.6 Å². The summed E-state index contributed by atoms with van der Waals surface area (Å²) in [5.41, 5.74) is 1.61. The molecule has 0 unspecified atom stereocenters. The molecule has 0 aromatic heterocycles. The number of halogens is 2. The fourth-order valence-corrected chi connectivity index (χ4v) is 6.54. The maximum Gasteiger partial charge on any atom is 0.264 e. The highest BCUT2D eigenvalue weighted by molar-refractivity contribution is 7.92. The van der Waals surface area contributed by atoms with E-state index in [1.54, 1.807) is 43.3 Å². The average molecular weight is 600 g/mol. The fraction of sp³-hybridized carbons (Fsp3) is 0.355. The lowest BCUT2D eigenvalue weighted by Crippen LogP contribution is -2.53. The molecule has 1 N–H and O–H groups in total. The first kappa shape index (κ1) is 30.5. The average Bonchev–Trinajstić information content (AvgIpc) is 2.96. The van der Waals surface area contributed by atoms with Crippen LogP contribution in [0.4, 0.5) is 10.1 Å². The van der Waals surface area contributed by atoms with Gasteiger partial charge in [0.15, 0.2) is 0 Å². The zero-order valence-corrected chi connectivity index (χ0v) is 24.8. The third-order valence-electron chi connectivity index (χ3n) is 7.42. The lowest BCUT2D eigenvalue weighted by Gasteiger charge is -2.33. The maximum absolute atomic E-state index is 14.0. The van der Waals surface area contributed by atoms with Gasteiger partial charge in [-0.05, 0) is 74.7 Å². The molecule has 3 aromatic rings. The van der Waals surface area contributed by atoms with Crippen LogP contribution in [-0.2, 0) is 26.2 Å². The molecule has 1 fully saturated rings. The summed E-state index contributed by atoms with van der Waals surface area (Å²) >= 11 is 6.41. The van der Waals surface area contributed by atoms with Gasteiger partial charge in [-0.1, -0.05) is 66.8 Å². The molecule has 0 saturated heterocycles. The van der Waals surface area contributed by atoms with Crippen LogP contribution in [0.3, 0.4) is 0 Å². The molecule has 41 heavy (non-hydrogen) atoms. The van der Waals surface area contributed by atoms with Crippen molar-refractivity contribution in [3.63, 3.8) is 0 Å². The van der Waals surface area contributed by atoms with Gasteiger partial charge in [0.05, 0.1) is 10.6 Å². The van der Waals surface area contributed by atoms with Gasteiger partial charge < -0.3 is 10.2 Å². The fourth-order valence-electron chi connectivity index (χ4n) is 4.94. The van der Waals surface area contributed by atoms with Crippen molar-refractivity contribution < 1.29 is 22.4 Å². The Morgan fingerprint density at radius 2 is 1.61 bits per heavy atom. The van der Waals surface area contributed by atoms with E-state index < -0.39 is 34.3 Å². The molecule has 3 aromatic carbocycles. The van der Waals surface area contributed by atoms with Crippen LogP contribution in [0.1, 0.15) is 50.2 Å². The van der Waals surface area contributed by atoms with Crippen molar-refractivity contribution in [3.05, 3.63) is 94.8 Å². The van der Waals surface area contributed by atoms with Crippen molar-refractivity contribution in [1.29, 1.82) is 0 Å². The molecule has 218 valence electrons. The van der Waals surface area contributed by atoms with Crippen LogP contribution in [0.25, 0.3) is 0 Å². The molecule has 0 bridgehead atoms. The second kappa shape index (κ2) is 13.5. The summed E-state index contributed by atoms with van der Waals surface area (Å²) < 4.78 is 42.4. The monoisotopic (exact) mass is 599 g/mol. The lowest BCUT2D eigenvalue weighted by atomic mass is 9.95. The van der Waals surface area contributed by atoms with Gasteiger partial charge in [-0.25, -0.2) is 12.8 Å². The molecular formula is C31H35ClFN3O4S. The Balaban J connectivity index is 1.68. The Hall–Kier alpha value is -3.43. The second-order valence-electron chi connectivity index (χ2n) is 10.4. The van der Waals surface area contributed by atoms with Gasteiger partial charge in [-0.15, -0.1) is 0 Å². The predicted molar refractivity (Wildman–Crippen MR) is 159 cm³/mol. The summed E-state index contributed by atoms with van der Waals surface area (Å²) in [4.78, 5) is 28.7. The number of carbonyl (C=O) groups excluding carboxylic acids is 2. The standard InChI is InChI=1S/C31H35ClFN3O4S/c1-22-12-18-28(19-13-22)41(39,40)36(27-16-14-25(33)15-17-27)21-30(37)35(20-24-8-6-7-11-29(24)32)23(2)31(38)34-26-9-4-3-5-10-26/h6-8,11-19,23,26H,3-5,9-10,20-21H2,1-2H3,(H,34,38)/t23-/m1/s1. The number of carbonyl (C=O) groups is 2. The normalized spacial score (nSPS) is 14.7. The van der Waals surface area contributed by atoms with Crippen LogP contribution in [0.5, 0.6) is 0 Å². The van der Waals surface area contributed by atoms with Crippen LogP contribution < -0.4 is 9.62 Å². The van der Waals surface area contributed by atoms with Gasteiger partial charge >= 0.3 is 0 Å². The van der Waals surface area contributed by atoms with Crippen LogP contribution in [0, 0.1) is 12.7 Å². The summed E-state index contributed by atoms with van der Waals surface area (Å²) in [5, 5.41) is 3.49. The molecular weight excluding hydrogens is 565 g/mol. The highest BCUT2D eigenvalue weighted by Gasteiger charge is 2.33. The van der Waals surface area contributed by atoms with Crippen molar-refractivity contribution >= 4 is 39.1 Å². The van der Waals surface area contributed by atoms with Gasteiger partial charge in [0.25, 0.3) is 10.0 Å². The molecule has 0 spiro atoms. The molecule has 0 radical (unpaired) electrons. The molecule has 1 aliphatic carbocycles. The Labute approximate surface area is 246 Å². The van der Waals surface area contributed by atoms with Crippen molar-refractivity contribution in [2.45, 2.75) is 69.5 Å². The van der Waals surface area contributed by atoms with E-state index in [0.717, 1.165) is 54.1 Å².